The molecule has 186 valence electrons. The summed E-state index contributed by atoms with van der Waals surface area (Å²) in [6, 6.07) is 26.9. The number of nitrogens with zero attached hydrogens (tertiary/aromatic N) is 3. The number of thioether (sulfide) groups is 1. The molecule has 1 heterocycles. The van der Waals surface area contributed by atoms with Crippen LogP contribution in [0.1, 0.15) is 60.3 Å². The minimum atomic E-state index is -0.293. The second-order valence-electron chi connectivity index (χ2n) is 9.20. The Morgan fingerprint density at radius 2 is 1.67 bits per heavy atom. The Morgan fingerprint density at radius 1 is 0.917 bits per heavy atom. The van der Waals surface area contributed by atoms with Crippen molar-refractivity contribution in [3.05, 3.63) is 107 Å². The van der Waals surface area contributed by atoms with Crippen molar-refractivity contribution in [1.82, 2.24) is 20.1 Å². The molecular formula is C30H34N4OS. The minimum Gasteiger partial charge on any atom is -0.346 e. The first-order valence-corrected chi connectivity index (χ1v) is 13.6. The highest BCUT2D eigenvalue weighted by molar-refractivity contribution is 7.98. The number of hydrogen-bond donors (Lipinski definition) is 1. The quantitative estimate of drug-likeness (QED) is 0.232. The van der Waals surface area contributed by atoms with E-state index in [1.54, 1.807) is 11.8 Å². The molecule has 0 saturated heterocycles. The predicted molar refractivity (Wildman–Crippen MR) is 147 cm³/mol. The number of carbonyl (C=O) groups is 1. The molecule has 0 saturated carbocycles. The summed E-state index contributed by atoms with van der Waals surface area (Å²) in [4.78, 5) is 12.8. The fraction of sp³-hybridized carbons (Fsp3) is 0.300. The van der Waals surface area contributed by atoms with Gasteiger partial charge in [0, 0.05) is 17.9 Å². The zero-order valence-electron chi connectivity index (χ0n) is 21.3. The molecule has 3 aromatic carbocycles. The van der Waals surface area contributed by atoms with Crippen LogP contribution in [0.25, 0.3) is 5.69 Å². The molecule has 0 spiro atoms. The van der Waals surface area contributed by atoms with Crippen molar-refractivity contribution in [3.63, 3.8) is 0 Å². The molecule has 0 aliphatic rings. The second-order valence-corrected chi connectivity index (χ2v) is 10.1. The molecule has 4 rings (SSSR count). The van der Waals surface area contributed by atoms with E-state index in [0.29, 0.717) is 12.8 Å². The number of nitrogens with one attached hydrogen (secondary N) is 1. The Morgan fingerprint density at radius 3 is 2.39 bits per heavy atom. The van der Waals surface area contributed by atoms with Gasteiger partial charge >= 0.3 is 0 Å². The Labute approximate surface area is 218 Å². The van der Waals surface area contributed by atoms with Crippen LogP contribution in [-0.2, 0) is 17.0 Å². The van der Waals surface area contributed by atoms with Crippen LogP contribution in [0.3, 0.4) is 0 Å². The van der Waals surface area contributed by atoms with E-state index in [4.69, 9.17) is 0 Å². The normalized spacial score (nSPS) is 11.9. The van der Waals surface area contributed by atoms with Gasteiger partial charge in [0.15, 0.2) is 11.0 Å². The zero-order valence-corrected chi connectivity index (χ0v) is 22.1. The number of carbonyl (C=O) groups excluding carboxylic acids is 1. The molecule has 0 bridgehead atoms. The van der Waals surface area contributed by atoms with E-state index in [1.165, 1.54) is 16.7 Å². The van der Waals surface area contributed by atoms with Crippen molar-refractivity contribution in [2.45, 2.75) is 63.4 Å². The molecule has 0 radical (unpaired) electrons. The predicted octanol–water partition coefficient (Wildman–Crippen LogP) is 6.77. The molecular weight excluding hydrogens is 464 g/mol. The fourth-order valence-electron chi connectivity index (χ4n) is 4.15. The van der Waals surface area contributed by atoms with Gasteiger partial charge in [0.05, 0.1) is 6.04 Å². The molecule has 0 fully saturated rings. The number of hydrogen-bond acceptors (Lipinski definition) is 4. The van der Waals surface area contributed by atoms with Gasteiger partial charge < -0.3 is 5.32 Å². The third-order valence-electron chi connectivity index (χ3n) is 6.09. The summed E-state index contributed by atoms with van der Waals surface area (Å²) in [7, 11) is 0. The van der Waals surface area contributed by atoms with Crippen LogP contribution in [0.5, 0.6) is 0 Å². The fourth-order valence-corrected chi connectivity index (χ4v) is 5.05. The highest BCUT2D eigenvalue weighted by Gasteiger charge is 2.25. The van der Waals surface area contributed by atoms with Gasteiger partial charge in [-0.3, -0.25) is 9.36 Å². The SMILES string of the molecule is CCCCC(=O)NC(Cc1ccccc1)c1nnc(SCc2cccc(C)c2)n1-c1ccc(C)cc1. The highest BCUT2D eigenvalue weighted by atomic mass is 32.2. The van der Waals surface area contributed by atoms with Crippen LogP contribution in [0.2, 0.25) is 0 Å². The van der Waals surface area contributed by atoms with E-state index in [2.05, 4.69) is 102 Å². The summed E-state index contributed by atoms with van der Waals surface area (Å²) < 4.78 is 2.10. The number of aryl methyl sites for hydroxylation is 2. The molecule has 1 atom stereocenters. The van der Waals surface area contributed by atoms with Gasteiger partial charge in [-0.05, 0) is 49.9 Å². The van der Waals surface area contributed by atoms with Gasteiger partial charge in [-0.2, -0.15) is 0 Å². The maximum atomic E-state index is 12.8. The summed E-state index contributed by atoms with van der Waals surface area (Å²) in [5.74, 6) is 1.59. The van der Waals surface area contributed by atoms with Gasteiger partial charge in [0.1, 0.15) is 0 Å². The van der Waals surface area contributed by atoms with Crippen molar-refractivity contribution in [2.24, 2.45) is 0 Å². The number of aromatic nitrogens is 3. The van der Waals surface area contributed by atoms with Crippen molar-refractivity contribution >= 4 is 17.7 Å². The standard InChI is InChI=1S/C30H34N4OS/c1-4-5-14-28(35)31-27(20-24-11-7-6-8-12-24)29-32-33-30(34(29)26-17-15-22(2)16-18-26)36-21-25-13-9-10-23(3)19-25/h6-13,15-19,27H,4-5,14,20-21H2,1-3H3,(H,31,35). The molecule has 0 aliphatic heterocycles. The molecule has 0 aliphatic carbocycles. The van der Waals surface area contributed by atoms with E-state index in [9.17, 15) is 4.79 Å². The molecule has 1 unspecified atom stereocenters. The number of unbranched alkanes of at least 4 members (excludes halogenated alkanes) is 1. The summed E-state index contributed by atoms with van der Waals surface area (Å²) in [5, 5.41) is 13.3. The number of benzene rings is 3. The lowest BCUT2D eigenvalue weighted by molar-refractivity contribution is -0.122. The Bertz CT molecular complexity index is 1270. The molecule has 1 amide bonds. The maximum absolute atomic E-state index is 12.8. The Kier molecular flexibility index (Phi) is 8.95. The summed E-state index contributed by atoms with van der Waals surface area (Å²) >= 11 is 1.66. The van der Waals surface area contributed by atoms with Gasteiger partial charge in [-0.15, -0.1) is 10.2 Å². The molecule has 4 aromatic rings. The average molecular weight is 499 g/mol. The van der Waals surface area contributed by atoms with E-state index in [-0.39, 0.29) is 11.9 Å². The monoisotopic (exact) mass is 498 g/mol. The van der Waals surface area contributed by atoms with Crippen LogP contribution in [0, 0.1) is 13.8 Å². The Balaban J connectivity index is 1.70. The molecule has 36 heavy (non-hydrogen) atoms. The van der Waals surface area contributed by atoms with Crippen LogP contribution in [-0.4, -0.2) is 20.7 Å². The van der Waals surface area contributed by atoms with Gasteiger partial charge in [-0.25, -0.2) is 0 Å². The summed E-state index contributed by atoms with van der Waals surface area (Å²) in [6.45, 7) is 6.29. The van der Waals surface area contributed by atoms with E-state index in [0.717, 1.165) is 40.8 Å². The number of amides is 1. The van der Waals surface area contributed by atoms with E-state index >= 15 is 0 Å². The first kappa shape index (κ1) is 25.7. The van der Waals surface area contributed by atoms with Gasteiger partial charge in [0.25, 0.3) is 0 Å². The summed E-state index contributed by atoms with van der Waals surface area (Å²) in [5.41, 5.74) is 5.81. The highest BCUT2D eigenvalue weighted by Crippen LogP contribution is 2.29. The molecule has 1 N–H and O–H groups in total. The number of rotatable bonds is 11. The lowest BCUT2D eigenvalue weighted by Crippen LogP contribution is -2.31. The first-order chi connectivity index (χ1) is 17.5. The summed E-state index contributed by atoms with van der Waals surface area (Å²) in [6.07, 6.45) is 3.00. The average Bonchev–Trinajstić information content (AvgIpc) is 3.31. The smallest absolute Gasteiger partial charge is 0.220 e. The lowest BCUT2D eigenvalue weighted by Gasteiger charge is -2.20. The van der Waals surface area contributed by atoms with Crippen LogP contribution in [0.4, 0.5) is 0 Å². The van der Waals surface area contributed by atoms with E-state index in [1.807, 2.05) is 18.2 Å². The topological polar surface area (TPSA) is 59.8 Å². The second kappa shape index (κ2) is 12.5. The maximum Gasteiger partial charge on any atom is 0.220 e. The first-order valence-electron chi connectivity index (χ1n) is 12.6. The molecule has 1 aromatic heterocycles. The third kappa shape index (κ3) is 6.85. The van der Waals surface area contributed by atoms with Gasteiger partial charge in [-0.1, -0.05) is 103 Å². The molecule has 5 nitrogen and oxygen atoms in total. The largest absolute Gasteiger partial charge is 0.346 e. The van der Waals surface area contributed by atoms with Crippen LogP contribution in [0.15, 0.2) is 84.0 Å². The third-order valence-corrected chi connectivity index (χ3v) is 7.09. The van der Waals surface area contributed by atoms with Crippen molar-refractivity contribution in [3.8, 4) is 5.69 Å². The zero-order chi connectivity index (χ0) is 25.3. The minimum absolute atomic E-state index is 0.0465. The van der Waals surface area contributed by atoms with Crippen LogP contribution >= 0.6 is 11.8 Å². The Hall–Kier alpha value is -3.38. The lowest BCUT2D eigenvalue weighted by atomic mass is 10.0. The van der Waals surface area contributed by atoms with Crippen molar-refractivity contribution in [2.75, 3.05) is 0 Å². The van der Waals surface area contributed by atoms with Gasteiger partial charge in [0.2, 0.25) is 5.91 Å². The van der Waals surface area contributed by atoms with Crippen molar-refractivity contribution < 1.29 is 4.79 Å². The molecule has 6 heteroatoms. The van der Waals surface area contributed by atoms with Crippen molar-refractivity contribution in [1.29, 1.82) is 0 Å². The van der Waals surface area contributed by atoms with E-state index < -0.39 is 0 Å². The van der Waals surface area contributed by atoms with Crippen LogP contribution < -0.4 is 5.32 Å².